The summed E-state index contributed by atoms with van der Waals surface area (Å²) < 4.78 is 16.3. The lowest BCUT2D eigenvalue weighted by atomic mass is 9.97. The Balaban J connectivity index is 2.22. The first-order valence-corrected chi connectivity index (χ1v) is 8.33. The number of nitrogens with zero attached hydrogens (tertiary/aromatic N) is 1. The minimum absolute atomic E-state index is 0.206. The SMILES string of the molecule is COc1cc(OC)c(CN2CCCCC2CCC(=O)O)c(OC)c1. The fraction of sp³-hybridized carbons (Fsp3) is 0.611. The molecule has 1 atom stereocenters. The Hall–Kier alpha value is -1.95. The van der Waals surface area contributed by atoms with Gasteiger partial charge in [0.1, 0.15) is 17.2 Å². The molecule has 0 aliphatic carbocycles. The second kappa shape index (κ2) is 8.78. The van der Waals surface area contributed by atoms with Crippen molar-refractivity contribution < 1.29 is 24.1 Å². The van der Waals surface area contributed by atoms with Crippen molar-refractivity contribution in [2.75, 3.05) is 27.9 Å². The second-order valence-corrected chi connectivity index (χ2v) is 6.06. The first-order chi connectivity index (χ1) is 11.6. The van der Waals surface area contributed by atoms with E-state index in [1.54, 1.807) is 21.3 Å². The summed E-state index contributed by atoms with van der Waals surface area (Å²) in [5, 5.41) is 8.97. The number of ether oxygens (including phenoxy) is 3. The van der Waals surface area contributed by atoms with Crippen LogP contribution >= 0.6 is 0 Å². The van der Waals surface area contributed by atoms with Crippen molar-refractivity contribution in [3.8, 4) is 17.2 Å². The molecule has 6 heteroatoms. The second-order valence-electron chi connectivity index (χ2n) is 6.06. The van der Waals surface area contributed by atoms with Crippen molar-refractivity contribution in [3.05, 3.63) is 17.7 Å². The normalized spacial score (nSPS) is 18.2. The van der Waals surface area contributed by atoms with Crippen molar-refractivity contribution in [3.63, 3.8) is 0 Å². The molecule has 1 aromatic rings. The van der Waals surface area contributed by atoms with E-state index in [4.69, 9.17) is 19.3 Å². The molecule has 1 aliphatic rings. The van der Waals surface area contributed by atoms with Gasteiger partial charge in [-0.1, -0.05) is 6.42 Å². The van der Waals surface area contributed by atoms with E-state index in [-0.39, 0.29) is 12.5 Å². The van der Waals surface area contributed by atoms with Crippen LogP contribution in [0.4, 0.5) is 0 Å². The molecule has 1 N–H and O–H groups in total. The smallest absolute Gasteiger partial charge is 0.303 e. The van der Waals surface area contributed by atoms with Crippen LogP contribution in [0.25, 0.3) is 0 Å². The molecule has 0 bridgehead atoms. The van der Waals surface area contributed by atoms with Gasteiger partial charge in [-0.2, -0.15) is 0 Å². The standard InChI is InChI=1S/C18H27NO5/c1-22-14-10-16(23-2)15(17(11-14)24-3)12-19-9-5-4-6-13(19)7-8-18(20)21/h10-11,13H,4-9,12H2,1-3H3,(H,20,21). The summed E-state index contributed by atoms with van der Waals surface area (Å²) in [6.45, 7) is 1.64. The van der Waals surface area contributed by atoms with E-state index in [0.29, 0.717) is 18.7 Å². The quantitative estimate of drug-likeness (QED) is 0.787. The Bertz CT molecular complexity index is 535. The van der Waals surface area contributed by atoms with Crippen LogP contribution in [0.3, 0.4) is 0 Å². The molecule has 1 heterocycles. The number of hydrogen-bond acceptors (Lipinski definition) is 5. The topological polar surface area (TPSA) is 68.2 Å². The molecule has 1 saturated heterocycles. The van der Waals surface area contributed by atoms with E-state index in [1.165, 1.54) is 0 Å². The number of carboxylic acid groups (broad SMARTS) is 1. The molecule has 24 heavy (non-hydrogen) atoms. The number of carboxylic acids is 1. The van der Waals surface area contributed by atoms with E-state index >= 15 is 0 Å². The first kappa shape index (κ1) is 18.4. The van der Waals surface area contributed by atoms with Crippen molar-refractivity contribution in [1.29, 1.82) is 0 Å². The van der Waals surface area contributed by atoms with Gasteiger partial charge in [0, 0.05) is 31.1 Å². The van der Waals surface area contributed by atoms with Crippen molar-refractivity contribution >= 4 is 5.97 Å². The number of hydrogen-bond donors (Lipinski definition) is 1. The summed E-state index contributed by atoms with van der Waals surface area (Å²) in [6.07, 6.45) is 4.20. The fourth-order valence-electron chi connectivity index (χ4n) is 3.32. The van der Waals surface area contributed by atoms with Crippen LogP contribution in [0.1, 0.15) is 37.7 Å². The van der Waals surface area contributed by atoms with Crippen LogP contribution in [0, 0.1) is 0 Å². The maximum absolute atomic E-state index is 10.9. The van der Waals surface area contributed by atoms with Crippen LogP contribution < -0.4 is 14.2 Å². The molecule has 0 saturated carbocycles. The zero-order chi connectivity index (χ0) is 17.5. The Morgan fingerprint density at radius 1 is 1.17 bits per heavy atom. The molecule has 0 aromatic heterocycles. The molecular weight excluding hydrogens is 310 g/mol. The number of piperidine rings is 1. The summed E-state index contributed by atoms with van der Waals surface area (Å²) in [6, 6.07) is 3.99. The maximum atomic E-state index is 10.9. The molecule has 1 aromatic carbocycles. The fourth-order valence-corrected chi connectivity index (χ4v) is 3.32. The number of carbonyl (C=O) groups is 1. The number of benzene rings is 1. The van der Waals surface area contributed by atoms with Crippen LogP contribution in [0.15, 0.2) is 12.1 Å². The van der Waals surface area contributed by atoms with Gasteiger partial charge in [0.25, 0.3) is 0 Å². The zero-order valence-electron chi connectivity index (χ0n) is 14.7. The summed E-state index contributed by atoms with van der Waals surface area (Å²) in [5.41, 5.74) is 0.975. The van der Waals surface area contributed by atoms with Gasteiger partial charge >= 0.3 is 5.97 Å². The minimum Gasteiger partial charge on any atom is -0.496 e. The Morgan fingerprint density at radius 3 is 2.38 bits per heavy atom. The predicted molar refractivity (Wildman–Crippen MR) is 91.0 cm³/mol. The van der Waals surface area contributed by atoms with Crippen LogP contribution in [0.2, 0.25) is 0 Å². The largest absolute Gasteiger partial charge is 0.496 e. The summed E-state index contributed by atoms with van der Waals surface area (Å²) in [4.78, 5) is 13.3. The number of likely N-dealkylation sites (tertiary alicyclic amines) is 1. The lowest BCUT2D eigenvalue weighted by Gasteiger charge is -2.36. The van der Waals surface area contributed by atoms with E-state index in [2.05, 4.69) is 4.90 Å². The Morgan fingerprint density at radius 2 is 1.83 bits per heavy atom. The monoisotopic (exact) mass is 337 g/mol. The predicted octanol–water partition coefficient (Wildman–Crippen LogP) is 2.93. The molecule has 1 aliphatic heterocycles. The summed E-state index contributed by atoms with van der Waals surface area (Å²) in [7, 11) is 4.88. The van der Waals surface area contributed by atoms with E-state index in [1.807, 2.05) is 12.1 Å². The lowest BCUT2D eigenvalue weighted by Crippen LogP contribution is -2.39. The Labute approximate surface area is 143 Å². The zero-order valence-corrected chi connectivity index (χ0v) is 14.7. The molecule has 0 radical (unpaired) electrons. The van der Waals surface area contributed by atoms with Crippen LogP contribution in [-0.2, 0) is 11.3 Å². The maximum Gasteiger partial charge on any atom is 0.303 e. The van der Waals surface area contributed by atoms with Gasteiger partial charge in [-0.15, -0.1) is 0 Å². The molecule has 6 nitrogen and oxygen atoms in total. The highest BCUT2D eigenvalue weighted by Gasteiger charge is 2.25. The number of methoxy groups -OCH3 is 3. The third-order valence-corrected chi connectivity index (χ3v) is 4.62. The summed E-state index contributed by atoms with van der Waals surface area (Å²) in [5.74, 6) is 1.41. The van der Waals surface area contributed by atoms with E-state index in [9.17, 15) is 4.79 Å². The van der Waals surface area contributed by atoms with Crippen molar-refractivity contribution in [2.24, 2.45) is 0 Å². The highest BCUT2D eigenvalue weighted by Crippen LogP contribution is 2.36. The van der Waals surface area contributed by atoms with Gasteiger partial charge in [-0.25, -0.2) is 0 Å². The molecule has 2 rings (SSSR count). The highest BCUT2D eigenvalue weighted by atomic mass is 16.5. The van der Waals surface area contributed by atoms with Gasteiger partial charge in [0.2, 0.25) is 0 Å². The average molecular weight is 337 g/mol. The van der Waals surface area contributed by atoms with Crippen molar-refractivity contribution in [1.82, 2.24) is 4.90 Å². The first-order valence-electron chi connectivity index (χ1n) is 8.33. The summed E-state index contributed by atoms with van der Waals surface area (Å²) >= 11 is 0. The van der Waals surface area contributed by atoms with E-state index < -0.39 is 5.97 Å². The molecule has 0 amide bonds. The molecule has 1 unspecified atom stereocenters. The third kappa shape index (κ3) is 4.54. The van der Waals surface area contributed by atoms with E-state index in [0.717, 1.165) is 42.9 Å². The van der Waals surface area contributed by atoms with Gasteiger partial charge in [0.05, 0.1) is 26.9 Å². The third-order valence-electron chi connectivity index (χ3n) is 4.62. The van der Waals surface area contributed by atoms with Crippen LogP contribution in [0.5, 0.6) is 17.2 Å². The average Bonchev–Trinajstić information content (AvgIpc) is 2.60. The van der Waals surface area contributed by atoms with Gasteiger partial charge < -0.3 is 19.3 Å². The van der Waals surface area contributed by atoms with Crippen molar-refractivity contribution in [2.45, 2.75) is 44.7 Å². The lowest BCUT2D eigenvalue weighted by molar-refractivity contribution is -0.137. The Kier molecular flexibility index (Phi) is 6.73. The van der Waals surface area contributed by atoms with Gasteiger partial charge in [-0.3, -0.25) is 9.69 Å². The van der Waals surface area contributed by atoms with Gasteiger partial charge in [0.15, 0.2) is 0 Å². The van der Waals surface area contributed by atoms with Gasteiger partial charge in [-0.05, 0) is 25.8 Å². The number of aliphatic carboxylic acids is 1. The van der Waals surface area contributed by atoms with Crippen LogP contribution in [-0.4, -0.2) is 49.9 Å². The minimum atomic E-state index is -0.736. The molecular formula is C18H27NO5. The number of rotatable bonds is 8. The molecule has 1 fully saturated rings. The molecule has 0 spiro atoms. The highest BCUT2D eigenvalue weighted by molar-refractivity contribution is 5.66. The molecule has 134 valence electrons.